The first-order valence-electron chi connectivity index (χ1n) is 4.77. The second-order valence-corrected chi connectivity index (χ2v) is 4.87. The normalized spacial score (nSPS) is 45.9. The smallest absolute Gasteiger partial charge is 0.164 e. The van der Waals surface area contributed by atoms with E-state index in [9.17, 15) is 5.11 Å². The van der Waals surface area contributed by atoms with Gasteiger partial charge in [-0.3, -0.25) is 0 Å². The molecule has 3 nitrogen and oxygen atoms in total. The third kappa shape index (κ3) is 1.58. The molecule has 0 saturated carbocycles. The Labute approximate surface area is 88.6 Å². The molecule has 4 heteroatoms. The summed E-state index contributed by atoms with van der Waals surface area (Å²) in [7, 11) is 0. The van der Waals surface area contributed by atoms with Crippen molar-refractivity contribution < 1.29 is 14.6 Å². The maximum atomic E-state index is 9.62. The molecule has 2 aliphatic rings. The summed E-state index contributed by atoms with van der Waals surface area (Å²) in [6.07, 6.45) is 0.738. The first-order chi connectivity index (χ1) is 6.41. The monoisotopic (exact) mass is 218 g/mol. The van der Waals surface area contributed by atoms with Crippen LogP contribution in [0.25, 0.3) is 0 Å². The van der Waals surface area contributed by atoms with Crippen LogP contribution in [0.1, 0.15) is 20.8 Å². The summed E-state index contributed by atoms with van der Waals surface area (Å²) in [4.78, 5) is 0. The van der Waals surface area contributed by atoms with Gasteiger partial charge in [0.15, 0.2) is 5.79 Å². The maximum Gasteiger partial charge on any atom is 0.164 e. The number of hydrogen-bond acceptors (Lipinski definition) is 3. The van der Waals surface area contributed by atoms with E-state index in [1.165, 1.54) is 0 Å². The molecule has 1 N–H and O–H groups in total. The zero-order valence-electron chi connectivity index (χ0n) is 8.53. The fourth-order valence-electron chi connectivity index (χ4n) is 2.02. The van der Waals surface area contributed by atoms with Crippen LogP contribution in [0.3, 0.4) is 0 Å². The third-order valence-electron chi connectivity index (χ3n) is 2.65. The first kappa shape index (κ1) is 10.4. The Balaban J connectivity index is 2.27. The van der Waals surface area contributed by atoms with Crippen molar-refractivity contribution in [3.8, 4) is 0 Å². The van der Waals surface area contributed by atoms with E-state index in [1.54, 1.807) is 6.08 Å². The molecule has 0 amide bonds. The molecular formula is C10H15ClO3. The van der Waals surface area contributed by atoms with E-state index in [4.69, 9.17) is 21.1 Å². The van der Waals surface area contributed by atoms with Gasteiger partial charge in [-0.25, -0.2) is 0 Å². The first-order valence-corrected chi connectivity index (χ1v) is 5.20. The molecule has 1 fully saturated rings. The molecule has 0 spiro atoms. The zero-order chi connectivity index (χ0) is 10.5. The number of halogens is 1. The fraction of sp³-hybridized carbons (Fsp3) is 0.800. The number of alkyl halides is 1. The lowest BCUT2D eigenvalue weighted by molar-refractivity contribution is -0.144. The molecule has 0 radical (unpaired) electrons. The number of fused-ring (bicyclic) bond motifs is 1. The maximum absolute atomic E-state index is 9.62. The molecule has 1 heterocycles. The standard InChI is InChI=1S/C10H15ClO3/c1-5-4-6(12)7(11)9-8(5)13-10(2,3)14-9/h4,6-9,12H,1-3H3/t6-,7+,8+,9-/m0/s1. The van der Waals surface area contributed by atoms with E-state index in [-0.39, 0.29) is 12.2 Å². The van der Waals surface area contributed by atoms with Crippen LogP contribution in [0.4, 0.5) is 0 Å². The van der Waals surface area contributed by atoms with Crippen LogP contribution in [0.2, 0.25) is 0 Å². The van der Waals surface area contributed by atoms with E-state index in [2.05, 4.69) is 0 Å². The van der Waals surface area contributed by atoms with E-state index in [0.717, 1.165) is 5.57 Å². The fourth-order valence-corrected chi connectivity index (χ4v) is 2.28. The topological polar surface area (TPSA) is 38.7 Å². The number of hydrogen-bond donors (Lipinski definition) is 1. The predicted molar refractivity (Wildman–Crippen MR) is 53.2 cm³/mol. The average Bonchev–Trinajstić information content (AvgIpc) is 2.38. The molecule has 1 aliphatic heterocycles. The summed E-state index contributed by atoms with van der Waals surface area (Å²) in [6.45, 7) is 5.64. The number of ether oxygens (including phenoxy) is 2. The van der Waals surface area contributed by atoms with Gasteiger partial charge in [0.1, 0.15) is 12.2 Å². The molecule has 0 aromatic carbocycles. The Hall–Kier alpha value is -0.0900. The zero-order valence-corrected chi connectivity index (χ0v) is 9.28. The Morgan fingerprint density at radius 3 is 2.71 bits per heavy atom. The van der Waals surface area contributed by atoms with Gasteiger partial charge in [0, 0.05) is 0 Å². The molecular weight excluding hydrogens is 204 g/mol. The lowest BCUT2D eigenvalue weighted by Gasteiger charge is -2.29. The Bertz CT molecular complexity index is 275. The molecule has 1 saturated heterocycles. The highest BCUT2D eigenvalue weighted by Crippen LogP contribution is 2.38. The highest BCUT2D eigenvalue weighted by molar-refractivity contribution is 6.21. The molecule has 0 aromatic heterocycles. The molecule has 0 unspecified atom stereocenters. The Morgan fingerprint density at radius 2 is 2.07 bits per heavy atom. The SMILES string of the molecule is CC1=C[C@H](O)[C@@H](Cl)[C@@H]2OC(C)(C)O[C@H]12. The molecule has 14 heavy (non-hydrogen) atoms. The van der Waals surface area contributed by atoms with Crippen LogP contribution in [-0.4, -0.2) is 34.6 Å². The summed E-state index contributed by atoms with van der Waals surface area (Å²) in [5.41, 5.74) is 0.991. The Kier molecular flexibility index (Phi) is 2.39. The summed E-state index contributed by atoms with van der Waals surface area (Å²) in [6, 6.07) is 0. The van der Waals surface area contributed by atoms with E-state index >= 15 is 0 Å². The van der Waals surface area contributed by atoms with Gasteiger partial charge in [0.05, 0.1) is 11.5 Å². The minimum Gasteiger partial charge on any atom is -0.387 e. The average molecular weight is 219 g/mol. The van der Waals surface area contributed by atoms with Crippen molar-refractivity contribution in [3.05, 3.63) is 11.6 Å². The third-order valence-corrected chi connectivity index (χ3v) is 3.16. The molecule has 0 aromatic rings. The van der Waals surface area contributed by atoms with Gasteiger partial charge in [-0.1, -0.05) is 6.08 Å². The van der Waals surface area contributed by atoms with Crippen LogP contribution in [0.5, 0.6) is 0 Å². The van der Waals surface area contributed by atoms with Crippen molar-refractivity contribution >= 4 is 11.6 Å². The minimum atomic E-state index is -0.643. The predicted octanol–water partition coefficient (Wildman–Crippen LogP) is 1.43. The second-order valence-electron chi connectivity index (χ2n) is 4.37. The van der Waals surface area contributed by atoms with Gasteiger partial charge in [-0.2, -0.15) is 0 Å². The summed E-state index contributed by atoms with van der Waals surface area (Å²) in [5, 5.41) is 9.20. The van der Waals surface area contributed by atoms with Crippen molar-refractivity contribution in [2.24, 2.45) is 0 Å². The van der Waals surface area contributed by atoms with Crippen LogP contribution in [-0.2, 0) is 9.47 Å². The van der Waals surface area contributed by atoms with Crippen molar-refractivity contribution in [2.75, 3.05) is 0 Å². The number of aliphatic hydroxyl groups is 1. The van der Waals surface area contributed by atoms with Crippen LogP contribution in [0, 0.1) is 0 Å². The summed E-state index contributed by atoms with van der Waals surface area (Å²) >= 11 is 6.06. The van der Waals surface area contributed by atoms with Crippen molar-refractivity contribution in [1.29, 1.82) is 0 Å². The molecule has 0 bridgehead atoms. The van der Waals surface area contributed by atoms with Crippen molar-refractivity contribution in [2.45, 2.75) is 50.2 Å². The van der Waals surface area contributed by atoms with E-state index < -0.39 is 17.3 Å². The summed E-state index contributed by atoms with van der Waals surface area (Å²) < 4.78 is 11.3. The molecule has 2 rings (SSSR count). The second kappa shape index (κ2) is 3.20. The highest BCUT2D eigenvalue weighted by Gasteiger charge is 2.49. The van der Waals surface area contributed by atoms with E-state index in [1.807, 2.05) is 20.8 Å². The number of rotatable bonds is 0. The van der Waals surface area contributed by atoms with Gasteiger partial charge in [-0.15, -0.1) is 11.6 Å². The number of aliphatic hydroxyl groups excluding tert-OH is 1. The largest absolute Gasteiger partial charge is 0.387 e. The minimum absolute atomic E-state index is 0.115. The van der Waals surface area contributed by atoms with Gasteiger partial charge < -0.3 is 14.6 Å². The van der Waals surface area contributed by atoms with Gasteiger partial charge in [0.2, 0.25) is 0 Å². The molecule has 80 valence electrons. The van der Waals surface area contributed by atoms with Gasteiger partial charge in [0.25, 0.3) is 0 Å². The highest BCUT2D eigenvalue weighted by atomic mass is 35.5. The molecule has 4 atom stereocenters. The lowest BCUT2D eigenvalue weighted by Crippen LogP contribution is -2.43. The van der Waals surface area contributed by atoms with Crippen molar-refractivity contribution in [1.82, 2.24) is 0 Å². The van der Waals surface area contributed by atoms with Crippen molar-refractivity contribution in [3.63, 3.8) is 0 Å². The van der Waals surface area contributed by atoms with Gasteiger partial charge in [-0.05, 0) is 26.3 Å². The van der Waals surface area contributed by atoms with Gasteiger partial charge >= 0.3 is 0 Å². The quantitative estimate of drug-likeness (QED) is 0.494. The van der Waals surface area contributed by atoms with Crippen LogP contribution in [0.15, 0.2) is 11.6 Å². The Morgan fingerprint density at radius 1 is 1.43 bits per heavy atom. The van der Waals surface area contributed by atoms with Crippen LogP contribution >= 0.6 is 11.6 Å². The molecule has 1 aliphatic carbocycles. The summed E-state index contributed by atoms with van der Waals surface area (Å²) in [5.74, 6) is -0.609. The van der Waals surface area contributed by atoms with E-state index in [0.29, 0.717) is 0 Å². The lowest BCUT2D eigenvalue weighted by atomic mass is 9.93. The van der Waals surface area contributed by atoms with Crippen LogP contribution < -0.4 is 0 Å².